The van der Waals surface area contributed by atoms with Crippen LogP contribution in [0.15, 0.2) is 54.7 Å². The van der Waals surface area contributed by atoms with Gasteiger partial charge in [0.05, 0.1) is 25.8 Å². The first-order chi connectivity index (χ1) is 17.5. The summed E-state index contributed by atoms with van der Waals surface area (Å²) < 4.78 is 10.9. The molecule has 1 fully saturated rings. The van der Waals surface area contributed by atoms with Crippen LogP contribution in [0.25, 0.3) is 10.9 Å². The number of nitrogens with zero attached hydrogens (tertiary/aromatic N) is 1. The molecule has 0 saturated heterocycles. The Morgan fingerprint density at radius 1 is 1.03 bits per heavy atom. The van der Waals surface area contributed by atoms with E-state index in [0.29, 0.717) is 41.9 Å². The van der Waals surface area contributed by atoms with Crippen molar-refractivity contribution in [1.82, 2.24) is 15.2 Å². The Morgan fingerprint density at radius 3 is 2.56 bits per heavy atom. The Bertz CT molecular complexity index is 1180. The maximum Gasteiger partial charge on any atom is 0.295 e. The average Bonchev–Trinajstić information content (AvgIpc) is 3.34. The van der Waals surface area contributed by atoms with Gasteiger partial charge in [0, 0.05) is 29.7 Å². The van der Waals surface area contributed by atoms with E-state index in [0.717, 1.165) is 31.4 Å². The van der Waals surface area contributed by atoms with Crippen molar-refractivity contribution in [3.63, 3.8) is 0 Å². The molecule has 0 unspecified atom stereocenters. The summed E-state index contributed by atoms with van der Waals surface area (Å²) in [5.74, 6) is 0.0731. The Kier molecular flexibility index (Phi) is 8.60. The van der Waals surface area contributed by atoms with E-state index in [4.69, 9.17) is 9.47 Å². The number of H-pyrrole nitrogens is 1. The van der Waals surface area contributed by atoms with E-state index in [9.17, 15) is 14.4 Å². The number of para-hydroxylation sites is 1. The van der Waals surface area contributed by atoms with Crippen molar-refractivity contribution in [1.29, 1.82) is 0 Å². The minimum atomic E-state index is -0.659. The lowest BCUT2D eigenvalue weighted by molar-refractivity contribution is -0.133. The summed E-state index contributed by atoms with van der Waals surface area (Å²) in [6, 6.07) is 14.6. The van der Waals surface area contributed by atoms with Crippen molar-refractivity contribution in [2.75, 3.05) is 33.4 Å². The Balaban J connectivity index is 1.41. The van der Waals surface area contributed by atoms with Crippen molar-refractivity contribution in [3.8, 4) is 11.5 Å². The van der Waals surface area contributed by atoms with E-state index in [1.165, 1.54) is 11.3 Å². The number of carbonyl (C=O) groups is 3. The molecule has 8 heteroatoms. The number of carbonyl (C=O) groups excluding carboxylic acids is 3. The number of hydrogen-bond acceptors (Lipinski definition) is 5. The molecule has 1 aliphatic rings. The van der Waals surface area contributed by atoms with Gasteiger partial charge >= 0.3 is 0 Å². The average molecular weight is 492 g/mol. The van der Waals surface area contributed by atoms with Gasteiger partial charge in [0.1, 0.15) is 18.1 Å². The fraction of sp³-hybridized carbons (Fsp3) is 0.393. The van der Waals surface area contributed by atoms with E-state index in [1.54, 1.807) is 31.5 Å². The molecule has 1 aliphatic carbocycles. The molecule has 3 aromatic rings. The van der Waals surface area contributed by atoms with Crippen LogP contribution in [0, 0.1) is 5.92 Å². The molecule has 2 aromatic carbocycles. The van der Waals surface area contributed by atoms with Gasteiger partial charge in [-0.05, 0) is 43.0 Å². The van der Waals surface area contributed by atoms with Gasteiger partial charge in [0.2, 0.25) is 5.91 Å². The summed E-state index contributed by atoms with van der Waals surface area (Å²) in [6.07, 6.45) is 6.94. The predicted octanol–water partition coefficient (Wildman–Crippen LogP) is 3.96. The van der Waals surface area contributed by atoms with Crippen LogP contribution >= 0.6 is 0 Å². The van der Waals surface area contributed by atoms with E-state index < -0.39 is 11.7 Å². The molecule has 0 aliphatic heterocycles. The number of nitrogens with one attached hydrogen (secondary N) is 2. The normalized spacial score (nSPS) is 13.8. The first-order valence-corrected chi connectivity index (χ1v) is 12.5. The Morgan fingerprint density at radius 2 is 1.81 bits per heavy atom. The molecule has 1 saturated carbocycles. The monoisotopic (exact) mass is 491 g/mol. The van der Waals surface area contributed by atoms with Crippen molar-refractivity contribution >= 4 is 28.5 Å². The molecule has 0 radical (unpaired) electrons. The molecule has 0 spiro atoms. The van der Waals surface area contributed by atoms with Gasteiger partial charge in [-0.3, -0.25) is 14.4 Å². The highest BCUT2D eigenvalue weighted by Gasteiger charge is 2.29. The topological polar surface area (TPSA) is 101 Å². The molecule has 1 aromatic heterocycles. The zero-order chi connectivity index (χ0) is 25.3. The van der Waals surface area contributed by atoms with Gasteiger partial charge < -0.3 is 24.7 Å². The van der Waals surface area contributed by atoms with Crippen molar-refractivity contribution in [2.45, 2.75) is 32.1 Å². The number of aromatic nitrogens is 1. The fourth-order valence-electron chi connectivity index (χ4n) is 4.68. The van der Waals surface area contributed by atoms with Crippen molar-refractivity contribution in [3.05, 3.63) is 60.3 Å². The summed E-state index contributed by atoms with van der Waals surface area (Å²) in [5.41, 5.74) is 1.00. The molecule has 0 atom stereocenters. The van der Waals surface area contributed by atoms with Crippen LogP contribution in [-0.4, -0.2) is 60.8 Å². The molecular weight excluding hydrogens is 458 g/mol. The van der Waals surface area contributed by atoms with Crippen LogP contribution in [0.2, 0.25) is 0 Å². The maximum atomic E-state index is 13.4. The van der Waals surface area contributed by atoms with E-state index in [1.807, 2.05) is 30.3 Å². The Hall–Kier alpha value is -3.81. The zero-order valence-corrected chi connectivity index (χ0v) is 20.6. The number of methoxy groups -OCH3 is 1. The predicted molar refractivity (Wildman–Crippen MR) is 137 cm³/mol. The van der Waals surface area contributed by atoms with Crippen LogP contribution in [0.5, 0.6) is 11.5 Å². The standard InChI is InChI=1S/C28H33N3O5/c1-35-22-12-13-23-24(17-30-25(23)16-22)27(33)28(34)31(18-20-8-4-2-5-9-20)19-26(32)29-14-15-36-21-10-6-3-7-11-21/h3,6-7,10-13,16-17,20,30H,2,4-5,8-9,14-15,18-19H2,1H3,(H,29,32). The highest BCUT2D eigenvalue weighted by Crippen LogP contribution is 2.26. The molecule has 1 heterocycles. The van der Waals surface area contributed by atoms with Crippen molar-refractivity contribution < 1.29 is 23.9 Å². The van der Waals surface area contributed by atoms with Gasteiger partial charge in [-0.25, -0.2) is 0 Å². The lowest BCUT2D eigenvalue weighted by atomic mass is 9.89. The number of ketones is 1. The molecule has 8 nitrogen and oxygen atoms in total. The van der Waals surface area contributed by atoms with Gasteiger partial charge in [-0.15, -0.1) is 0 Å². The van der Waals surface area contributed by atoms with Gasteiger partial charge in [-0.1, -0.05) is 37.5 Å². The lowest BCUT2D eigenvalue weighted by Gasteiger charge is -2.29. The zero-order valence-electron chi connectivity index (χ0n) is 20.6. The Labute approximate surface area is 211 Å². The number of amides is 2. The SMILES string of the molecule is COc1ccc2c(C(=O)C(=O)N(CC(=O)NCCOc3ccccc3)CC3CCCCC3)c[nH]c2c1. The quantitative estimate of drug-likeness (QED) is 0.240. The number of fused-ring (bicyclic) bond motifs is 1. The second kappa shape index (κ2) is 12.2. The van der Waals surface area contributed by atoms with Gasteiger partial charge in [0.25, 0.3) is 11.7 Å². The highest BCUT2D eigenvalue weighted by molar-refractivity contribution is 6.45. The first-order valence-electron chi connectivity index (χ1n) is 12.5. The third kappa shape index (κ3) is 6.44. The third-order valence-electron chi connectivity index (χ3n) is 6.59. The molecule has 0 bridgehead atoms. The maximum absolute atomic E-state index is 13.4. The summed E-state index contributed by atoms with van der Waals surface area (Å²) >= 11 is 0. The molecule has 2 amide bonds. The second-order valence-corrected chi connectivity index (χ2v) is 9.14. The summed E-state index contributed by atoms with van der Waals surface area (Å²) in [7, 11) is 1.57. The van der Waals surface area contributed by atoms with Crippen LogP contribution < -0.4 is 14.8 Å². The van der Waals surface area contributed by atoms with Crippen molar-refractivity contribution in [2.24, 2.45) is 5.92 Å². The third-order valence-corrected chi connectivity index (χ3v) is 6.59. The minimum absolute atomic E-state index is 0.164. The molecular formula is C28H33N3O5. The van der Waals surface area contributed by atoms with Gasteiger partial charge in [0.15, 0.2) is 0 Å². The number of hydrogen-bond donors (Lipinski definition) is 2. The van der Waals surface area contributed by atoms with Crippen LogP contribution in [0.3, 0.4) is 0 Å². The van der Waals surface area contributed by atoms with Crippen LogP contribution in [0.1, 0.15) is 42.5 Å². The smallest absolute Gasteiger partial charge is 0.295 e. The lowest BCUT2D eigenvalue weighted by Crippen LogP contribution is -2.46. The number of benzene rings is 2. The highest BCUT2D eigenvalue weighted by atomic mass is 16.5. The number of Topliss-reactive ketones (excluding diaryl/α,β-unsaturated/α-hetero) is 1. The molecule has 2 N–H and O–H groups in total. The van der Waals surface area contributed by atoms with E-state index in [-0.39, 0.29) is 18.4 Å². The number of ether oxygens (including phenoxy) is 2. The molecule has 4 rings (SSSR count). The van der Waals surface area contributed by atoms with Gasteiger partial charge in [-0.2, -0.15) is 0 Å². The van der Waals surface area contributed by atoms with E-state index in [2.05, 4.69) is 10.3 Å². The largest absolute Gasteiger partial charge is 0.497 e. The fourth-order valence-corrected chi connectivity index (χ4v) is 4.68. The first kappa shape index (κ1) is 25.3. The summed E-state index contributed by atoms with van der Waals surface area (Å²) in [4.78, 5) is 43.8. The number of rotatable bonds is 11. The molecule has 190 valence electrons. The van der Waals surface area contributed by atoms with Crippen LogP contribution in [0.4, 0.5) is 0 Å². The molecule has 36 heavy (non-hydrogen) atoms. The second-order valence-electron chi connectivity index (χ2n) is 9.14. The van der Waals surface area contributed by atoms with E-state index >= 15 is 0 Å². The number of aromatic amines is 1. The minimum Gasteiger partial charge on any atom is -0.497 e. The summed E-state index contributed by atoms with van der Waals surface area (Å²) in [5, 5.41) is 3.45. The summed E-state index contributed by atoms with van der Waals surface area (Å²) in [6.45, 7) is 0.846. The van der Waals surface area contributed by atoms with Crippen LogP contribution in [-0.2, 0) is 9.59 Å².